The van der Waals surface area contributed by atoms with Crippen molar-refractivity contribution in [3.8, 4) is 5.75 Å². The number of methoxy groups -OCH3 is 1. The number of hydrogen-bond acceptors (Lipinski definition) is 4. The van der Waals surface area contributed by atoms with Crippen LogP contribution in [0.15, 0.2) is 23.1 Å². The number of nitrogens with one attached hydrogen (secondary N) is 2. The lowest BCUT2D eigenvalue weighted by Crippen LogP contribution is -2.41. The first-order valence-corrected chi connectivity index (χ1v) is 10.4. The second-order valence-electron chi connectivity index (χ2n) is 7.10. The van der Waals surface area contributed by atoms with Crippen LogP contribution in [0, 0.1) is 5.92 Å². The molecule has 25 heavy (non-hydrogen) atoms. The van der Waals surface area contributed by atoms with Gasteiger partial charge in [-0.25, -0.2) is 13.1 Å². The van der Waals surface area contributed by atoms with Gasteiger partial charge in [0.1, 0.15) is 10.6 Å². The molecule has 2 aliphatic rings. The first-order chi connectivity index (χ1) is 11.9. The quantitative estimate of drug-likeness (QED) is 0.810. The van der Waals surface area contributed by atoms with Crippen LogP contribution in [0.2, 0.25) is 0 Å². The van der Waals surface area contributed by atoms with E-state index in [1.165, 1.54) is 19.6 Å². The summed E-state index contributed by atoms with van der Waals surface area (Å²) in [5.41, 5.74) is 0.342. The summed E-state index contributed by atoms with van der Waals surface area (Å²) in [6.45, 7) is 2.15. The van der Waals surface area contributed by atoms with Crippen LogP contribution in [0.5, 0.6) is 5.75 Å². The summed E-state index contributed by atoms with van der Waals surface area (Å²) in [7, 11) is -2.27. The molecule has 2 aliphatic carbocycles. The Bertz CT molecular complexity index is 743. The van der Waals surface area contributed by atoms with Crippen molar-refractivity contribution in [3.05, 3.63) is 23.8 Å². The summed E-state index contributed by atoms with van der Waals surface area (Å²) in [4.78, 5) is 12.6. The molecule has 0 spiro atoms. The molecular weight excluding hydrogens is 340 g/mol. The standard InChI is InChI=1S/C18H26N2O4S/c1-12-5-3-4-6-15(12)19-18(21)13-7-10-16(24-2)17(11-13)25(22,23)20-14-8-9-14/h7,10-12,14-15,20H,3-6,8-9H2,1-2H3,(H,19,21)/t12-,15+/m0/s1. The zero-order valence-corrected chi connectivity index (χ0v) is 15.6. The van der Waals surface area contributed by atoms with E-state index in [-0.39, 0.29) is 28.6 Å². The predicted octanol–water partition coefficient (Wildman–Crippen LogP) is 2.44. The number of carbonyl (C=O) groups is 1. The fraction of sp³-hybridized carbons (Fsp3) is 0.611. The highest BCUT2D eigenvalue weighted by Gasteiger charge is 2.31. The average molecular weight is 366 g/mol. The third-order valence-electron chi connectivity index (χ3n) is 5.04. The third kappa shape index (κ3) is 4.33. The molecule has 0 aliphatic heterocycles. The number of carbonyl (C=O) groups excluding carboxylic acids is 1. The van der Waals surface area contributed by atoms with Crippen molar-refractivity contribution in [2.45, 2.75) is 62.4 Å². The second kappa shape index (κ2) is 7.33. The van der Waals surface area contributed by atoms with Crippen molar-refractivity contribution < 1.29 is 17.9 Å². The molecule has 0 unspecified atom stereocenters. The Hall–Kier alpha value is -1.60. The van der Waals surface area contributed by atoms with Crippen molar-refractivity contribution in [1.29, 1.82) is 0 Å². The molecule has 2 fully saturated rings. The van der Waals surface area contributed by atoms with Gasteiger partial charge in [-0.15, -0.1) is 0 Å². The van der Waals surface area contributed by atoms with Gasteiger partial charge in [0.15, 0.2) is 0 Å². The molecule has 0 bridgehead atoms. The number of amides is 1. The molecule has 1 amide bonds. The van der Waals surface area contributed by atoms with Crippen molar-refractivity contribution in [1.82, 2.24) is 10.0 Å². The normalized spacial score (nSPS) is 23.9. The molecule has 6 nitrogen and oxygen atoms in total. The molecule has 138 valence electrons. The number of rotatable bonds is 6. The van der Waals surface area contributed by atoms with E-state index in [2.05, 4.69) is 17.0 Å². The second-order valence-corrected chi connectivity index (χ2v) is 8.79. The zero-order valence-electron chi connectivity index (χ0n) is 14.7. The largest absolute Gasteiger partial charge is 0.495 e. The Morgan fingerprint density at radius 1 is 1.16 bits per heavy atom. The van der Waals surface area contributed by atoms with Crippen molar-refractivity contribution in [2.24, 2.45) is 5.92 Å². The number of benzene rings is 1. The molecule has 2 saturated carbocycles. The summed E-state index contributed by atoms with van der Waals surface area (Å²) in [5, 5.41) is 3.06. The van der Waals surface area contributed by atoms with Crippen LogP contribution >= 0.6 is 0 Å². The first kappa shape index (κ1) is 18.2. The van der Waals surface area contributed by atoms with E-state index in [9.17, 15) is 13.2 Å². The van der Waals surface area contributed by atoms with Crippen LogP contribution in [0.25, 0.3) is 0 Å². The van der Waals surface area contributed by atoms with Gasteiger partial charge in [0.2, 0.25) is 10.0 Å². The van der Waals surface area contributed by atoms with Gasteiger partial charge in [-0.05, 0) is 49.8 Å². The van der Waals surface area contributed by atoms with Gasteiger partial charge in [0.05, 0.1) is 7.11 Å². The van der Waals surface area contributed by atoms with Crippen LogP contribution in [0.3, 0.4) is 0 Å². The molecule has 2 atom stereocenters. The monoisotopic (exact) mass is 366 g/mol. The van der Waals surface area contributed by atoms with E-state index in [0.717, 1.165) is 32.1 Å². The minimum Gasteiger partial charge on any atom is -0.495 e. The van der Waals surface area contributed by atoms with Crippen LogP contribution in [-0.4, -0.2) is 33.5 Å². The Morgan fingerprint density at radius 2 is 1.88 bits per heavy atom. The van der Waals surface area contributed by atoms with E-state index in [1.54, 1.807) is 12.1 Å². The van der Waals surface area contributed by atoms with Crippen LogP contribution in [-0.2, 0) is 10.0 Å². The topological polar surface area (TPSA) is 84.5 Å². The van der Waals surface area contributed by atoms with Gasteiger partial charge in [0, 0.05) is 17.6 Å². The molecule has 7 heteroatoms. The summed E-state index contributed by atoms with van der Waals surface area (Å²) in [6, 6.07) is 4.70. The lowest BCUT2D eigenvalue weighted by atomic mass is 9.86. The lowest BCUT2D eigenvalue weighted by Gasteiger charge is -2.29. The van der Waals surface area contributed by atoms with Gasteiger partial charge in [-0.1, -0.05) is 19.8 Å². The summed E-state index contributed by atoms with van der Waals surface area (Å²) >= 11 is 0. The molecule has 0 heterocycles. The smallest absolute Gasteiger partial charge is 0.251 e. The fourth-order valence-corrected chi connectivity index (χ4v) is 4.79. The van der Waals surface area contributed by atoms with Crippen LogP contribution in [0.1, 0.15) is 55.8 Å². The molecule has 0 radical (unpaired) electrons. The summed E-state index contributed by atoms with van der Waals surface area (Å²) < 4.78 is 32.9. The minimum absolute atomic E-state index is 0.00437. The zero-order chi connectivity index (χ0) is 18.0. The Kier molecular flexibility index (Phi) is 5.34. The van der Waals surface area contributed by atoms with E-state index in [4.69, 9.17) is 4.74 Å². The average Bonchev–Trinajstić information content (AvgIpc) is 3.39. The summed E-state index contributed by atoms with van der Waals surface area (Å²) in [5.74, 6) is 0.454. The van der Waals surface area contributed by atoms with Crippen molar-refractivity contribution in [3.63, 3.8) is 0 Å². The van der Waals surface area contributed by atoms with Gasteiger partial charge in [0.25, 0.3) is 5.91 Å². The molecule has 0 aromatic heterocycles. The molecule has 0 saturated heterocycles. The van der Waals surface area contributed by atoms with E-state index >= 15 is 0 Å². The highest BCUT2D eigenvalue weighted by atomic mass is 32.2. The number of hydrogen-bond donors (Lipinski definition) is 2. The predicted molar refractivity (Wildman–Crippen MR) is 95.2 cm³/mol. The van der Waals surface area contributed by atoms with Gasteiger partial charge in [-0.2, -0.15) is 0 Å². The van der Waals surface area contributed by atoms with Gasteiger partial charge < -0.3 is 10.1 Å². The van der Waals surface area contributed by atoms with E-state index in [0.29, 0.717) is 11.5 Å². The summed E-state index contributed by atoms with van der Waals surface area (Å²) in [6.07, 6.45) is 6.09. The molecule has 3 rings (SSSR count). The first-order valence-electron chi connectivity index (χ1n) is 8.92. The molecule has 1 aromatic carbocycles. The van der Waals surface area contributed by atoms with Crippen molar-refractivity contribution in [2.75, 3.05) is 7.11 Å². The highest BCUT2D eigenvalue weighted by Crippen LogP contribution is 2.29. The van der Waals surface area contributed by atoms with E-state index in [1.807, 2.05) is 0 Å². The third-order valence-corrected chi connectivity index (χ3v) is 6.58. The maximum absolute atomic E-state index is 12.6. The molecular formula is C18H26N2O4S. The molecule has 2 N–H and O–H groups in total. The van der Waals surface area contributed by atoms with Gasteiger partial charge in [-0.3, -0.25) is 4.79 Å². The maximum atomic E-state index is 12.6. The van der Waals surface area contributed by atoms with Crippen LogP contribution in [0.4, 0.5) is 0 Å². The Balaban J connectivity index is 1.81. The Labute approximate surface area is 149 Å². The van der Waals surface area contributed by atoms with Crippen molar-refractivity contribution >= 4 is 15.9 Å². The fourth-order valence-electron chi connectivity index (χ4n) is 3.29. The minimum atomic E-state index is -3.69. The maximum Gasteiger partial charge on any atom is 0.251 e. The number of sulfonamides is 1. The number of ether oxygens (including phenoxy) is 1. The van der Waals surface area contributed by atoms with Crippen LogP contribution < -0.4 is 14.8 Å². The SMILES string of the molecule is COc1ccc(C(=O)N[C@@H]2CCCC[C@@H]2C)cc1S(=O)(=O)NC1CC1. The molecule has 1 aromatic rings. The van der Waals surface area contributed by atoms with E-state index < -0.39 is 10.0 Å². The Morgan fingerprint density at radius 3 is 2.52 bits per heavy atom. The highest BCUT2D eigenvalue weighted by molar-refractivity contribution is 7.89. The lowest BCUT2D eigenvalue weighted by molar-refractivity contribution is 0.0910. The van der Waals surface area contributed by atoms with Gasteiger partial charge >= 0.3 is 0 Å².